The molecule has 0 aliphatic carbocycles. The number of hydrogen-bond acceptors (Lipinski definition) is 4. The van der Waals surface area contributed by atoms with Gasteiger partial charge in [-0.05, 0) is 4.40 Å². The number of isocyanates is 1. The van der Waals surface area contributed by atoms with E-state index in [2.05, 4.69) is 4.18 Å². The highest BCUT2D eigenvalue weighted by Gasteiger charge is 2.30. The summed E-state index contributed by atoms with van der Waals surface area (Å²) in [6.45, 7) is 0. The van der Waals surface area contributed by atoms with Crippen LogP contribution in [0.15, 0.2) is 4.40 Å². The van der Waals surface area contributed by atoms with E-state index in [1.165, 1.54) is 0 Å². The molecule has 0 aliphatic heterocycles. The van der Waals surface area contributed by atoms with Crippen molar-refractivity contribution < 1.29 is 39.3 Å². The second-order valence-corrected chi connectivity index (χ2v) is 3.80. The van der Waals surface area contributed by atoms with Gasteiger partial charge in [-0.3, -0.25) is 0 Å². The number of halogens is 5. The van der Waals surface area contributed by atoms with Gasteiger partial charge in [-0.25, -0.2) is 18.0 Å². The Morgan fingerprint density at radius 1 is 0.889 bits per heavy atom. The van der Waals surface area contributed by atoms with Gasteiger partial charge in [0, 0.05) is 0 Å². The minimum absolute atomic E-state index is 0.463. The topological polar surface area (TPSA) is 72.8 Å². The maximum atomic E-state index is 12.9. The quantitative estimate of drug-likeness (QED) is 0.277. The smallest absolute Gasteiger partial charge is 0.358 e. The van der Waals surface area contributed by atoms with Crippen LogP contribution in [0, 0.1) is 29.1 Å². The molecule has 0 saturated carbocycles. The van der Waals surface area contributed by atoms with Crippen molar-refractivity contribution in [3.63, 3.8) is 0 Å². The average Bonchev–Trinajstić information content (AvgIpc) is 2.30. The SMILES string of the molecule is O=C=NS(=O)(=O)Oc1c(F)c(F)c(F)c(F)c1F. The first kappa shape index (κ1) is 14.1. The predicted octanol–water partition coefficient (Wildman–Crippen LogP) is 1.34. The minimum atomic E-state index is -5.21. The third-order valence-electron chi connectivity index (χ3n) is 1.51. The van der Waals surface area contributed by atoms with Crippen LogP contribution in [0.25, 0.3) is 0 Å². The second-order valence-electron chi connectivity index (χ2n) is 2.59. The van der Waals surface area contributed by atoms with E-state index in [0.717, 1.165) is 0 Å². The van der Waals surface area contributed by atoms with Gasteiger partial charge in [0.15, 0.2) is 0 Å². The highest BCUT2D eigenvalue weighted by molar-refractivity contribution is 7.85. The normalized spacial score (nSPS) is 10.9. The molecule has 0 N–H and O–H groups in total. The zero-order valence-electron chi connectivity index (χ0n) is 7.88. The molecule has 0 radical (unpaired) electrons. The van der Waals surface area contributed by atoms with Gasteiger partial charge in [0.25, 0.3) is 6.08 Å². The number of hydrogen-bond donors (Lipinski definition) is 0. The molecule has 1 aromatic rings. The first-order chi connectivity index (χ1) is 8.21. The van der Waals surface area contributed by atoms with Crippen molar-refractivity contribution in [2.24, 2.45) is 4.40 Å². The van der Waals surface area contributed by atoms with Gasteiger partial charge < -0.3 is 4.18 Å². The van der Waals surface area contributed by atoms with E-state index in [9.17, 15) is 35.2 Å². The van der Waals surface area contributed by atoms with Crippen molar-refractivity contribution in [1.82, 2.24) is 0 Å². The van der Waals surface area contributed by atoms with E-state index in [0.29, 0.717) is 6.08 Å². The Kier molecular flexibility index (Phi) is 3.67. The molecule has 0 heterocycles. The third kappa shape index (κ3) is 2.46. The summed E-state index contributed by atoms with van der Waals surface area (Å²) < 4.78 is 90.5. The molecule has 1 aromatic carbocycles. The van der Waals surface area contributed by atoms with Gasteiger partial charge in [-0.15, -0.1) is 0 Å². The predicted molar refractivity (Wildman–Crippen MR) is 43.9 cm³/mol. The molecule has 11 heteroatoms. The third-order valence-corrected chi connectivity index (χ3v) is 2.18. The van der Waals surface area contributed by atoms with Crippen molar-refractivity contribution >= 4 is 16.4 Å². The molecule has 0 spiro atoms. The van der Waals surface area contributed by atoms with Gasteiger partial charge in [-0.1, -0.05) is 0 Å². The van der Waals surface area contributed by atoms with Gasteiger partial charge in [0.05, 0.1) is 0 Å². The summed E-state index contributed by atoms with van der Waals surface area (Å²) in [4.78, 5) is 9.62. The van der Waals surface area contributed by atoms with E-state index in [-0.39, 0.29) is 0 Å². The average molecular weight is 289 g/mol. The molecule has 0 bridgehead atoms. The van der Waals surface area contributed by atoms with Gasteiger partial charge in [0.2, 0.25) is 34.8 Å². The van der Waals surface area contributed by atoms with Gasteiger partial charge >= 0.3 is 10.3 Å². The molecule has 0 aromatic heterocycles. The summed E-state index contributed by atoms with van der Waals surface area (Å²) in [7, 11) is -5.21. The van der Waals surface area contributed by atoms with Crippen molar-refractivity contribution in [1.29, 1.82) is 0 Å². The molecule has 0 aliphatic rings. The molecule has 0 amide bonds. The fourth-order valence-corrected chi connectivity index (χ4v) is 1.31. The van der Waals surface area contributed by atoms with E-state index >= 15 is 0 Å². The molecular formula is C7F5NO4S. The van der Waals surface area contributed by atoms with Crippen LogP contribution in [0.2, 0.25) is 0 Å². The van der Waals surface area contributed by atoms with Crippen LogP contribution in [0.5, 0.6) is 5.75 Å². The Balaban J connectivity index is 3.49. The lowest BCUT2D eigenvalue weighted by molar-refractivity contribution is 0.347. The van der Waals surface area contributed by atoms with Crippen LogP contribution in [-0.2, 0) is 15.1 Å². The summed E-state index contributed by atoms with van der Waals surface area (Å²) in [6.07, 6.45) is 0.463. The van der Waals surface area contributed by atoms with Crippen LogP contribution >= 0.6 is 0 Å². The fourth-order valence-electron chi connectivity index (χ4n) is 0.828. The lowest BCUT2D eigenvalue weighted by Gasteiger charge is -2.06. The standard InChI is InChI=1S/C7F5NO4S/c8-2-3(9)5(11)7(6(12)4(2)10)17-18(15,16)13-1-14. The van der Waals surface area contributed by atoms with Crippen LogP contribution < -0.4 is 4.18 Å². The molecule has 1 rings (SSSR count). The van der Waals surface area contributed by atoms with E-state index < -0.39 is 45.1 Å². The first-order valence-electron chi connectivity index (χ1n) is 3.76. The molecule has 0 unspecified atom stereocenters. The fraction of sp³-hybridized carbons (Fsp3) is 0. The Hall–Kier alpha value is -2.00. The highest BCUT2D eigenvalue weighted by atomic mass is 32.2. The van der Waals surface area contributed by atoms with E-state index in [4.69, 9.17) is 0 Å². The molecule has 0 fully saturated rings. The lowest BCUT2D eigenvalue weighted by Crippen LogP contribution is -2.11. The maximum absolute atomic E-state index is 12.9. The molecule has 0 saturated heterocycles. The Morgan fingerprint density at radius 2 is 1.28 bits per heavy atom. The molecule has 18 heavy (non-hydrogen) atoms. The zero-order valence-corrected chi connectivity index (χ0v) is 8.69. The lowest BCUT2D eigenvalue weighted by atomic mass is 10.3. The van der Waals surface area contributed by atoms with Gasteiger partial charge in [0.1, 0.15) is 0 Å². The van der Waals surface area contributed by atoms with Gasteiger partial charge in [-0.2, -0.15) is 17.2 Å². The van der Waals surface area contributed by atoms with Crippen molar-refractivity contribution in [2.75, 3.05) is 0 Å². The zero-order chi connectivity index (χ0) is 14.1. The first-order valence-corrected chi connectivity index (χ1v) is 5.12. The Labute approximate surface area is 95.8 Å². The number of rotatable bonds is 3. The number of benzene rings is 1. The van der Waals surface area contributed by atoms with Crippen LogP contribution in [0.3, 0.4) is 0 Å². The van der Waals surface area contributed by atoms with E-state index in [1.807, 2.05) is 4.40 Å². The van der Waals surface area contributed by atoms with Crippen molar-refractivity contribution in [2.45, 2.75) is 0 Å². The van der Waals surface area contributed by atoms with Crippen LogP contribution in [0.4, 0.5) is 22.0 Å². The Morgan fingerprint density at radius 3 is 1.67 bits per heavy atom. The largest absolute Gasteiger partial charge is 0.439 e. The summed E-state index contributed by atoms with van der Waals surface area (Å²) in [6, 6.07) is 0. The van der Waals surface area contributed by atoms with Crippen LogP contribution in [0.1, 0.15) is 0 Å². The van der Waals surface area contributed by atoms with Crippen molar-refractivity contribution in [3.8, 4) is 5.75 Å². The van der Waals surface area contributed by atoms with Crippen LogP contribution in [-0.4, -0.2) is 14.5 Å². The summed E-state index contributed by atoms with van der Waals surface area (Å²) in [5, 5.41) is 0. The molecule has 5 nitrogen and oxygen atoms in total. The maximum Gasteiger partial charge on any atom is 0.439 e. The molecule has 0 atom stereocenters. The summed E-state index contributed by atoms with van der Waals surface area (Å²) in [5.41, 5.74) is 0. The molecular weight excluding hydrogens is 289 g/mol. The summed E-state index contributed by atoms with van der Waals surface area (Å²) in [5.74, 6) is -14.4. The van der Waals surface area contributed by atoms with Crippen molar-refractivity contribution in [3.05, 3.63) is 29.1 Å². The summed E-state index contributed by atoms with van der Waals surface area (Å²) >= 11 is 0. The monoisotopic (exact) mass is 289 g/mol. The number of nitrogens with zero attached hydrogens (tertiary/aromatic N) is 1. The minimum Gasteiger partial charge on any atom is -0.358 e. The number of carbonyl (C=O) groups excluding carboxylic acids is 1. The van der Waals surface area contributed by atoms with E-state index in [1.54, 1.807) is 0 Å². The highest BCUT2D eigenvalue weighted by Crippen LogP contribution is 2.30. The molecule has 98 valence electrons. The second kappa shape index (κ2) is 4.70. The Bertz CT molecular complexity index is 623.